The van der Waals surface area contributed by atoms with Gasteiger partial charge in [0, 0.05) is 7.11 Å². The fourth-order valence-electron chi connectivity index (χ4n) is 11.3. The van der Waals surface area contributed by atoms with Crippen molar-refractivity contribution in [2.24, 2.45) is 50.7 Å². The summed E-state index contributed by atoms with van der Waals surface area (Å²) >= 11 is 0. The van der Waals surface area contributed by atoms with Gasteiger partial charge in [0.25, 0.3) is 0 Å². The van der Waals surface area contributed by atoms with Gasteiger partial charge < -0.3 is 14.6 Å². The van der Waals surface area contributed by atoms with Crippen molar-refractivity contribution >= 4 is 5.97 Å². The Kier molecular flexibility index (Phi) is 6.17. The van der Waals surface area contributed by atoms with Crippen LogP contribution in [0.25, 0.3) is 0 Å². The summed E-state index contributed by atoms with van der Waals surface area (Å²) in [6.07, 6.45) is 15.8. The molecule has 0 amide bonds. The van der Waals surface area contributed by atoms with Gasteiger partial charge in [0.1, 0.15) is 0 Å². The van der Waals surface area contributed by atoms with Crippen LogP contribution in [0, 0.1) is 50.7 Å². The number of ether oxygens (including phenoxy) is 2. The molecule has 5 aliphatic carbocycles. The molecule has 0 heterocycles. The molecule has 36 heavy (non-hydrogen) atoms. The Balaban J connectivity index is 1.40. The van der Waals surface area contributed by atoms with Crippen molar-refractivity contribution in [2.75, 3.05) is 14.2 Å². The van der Waals surface area contributed by atoms with Crippen LogP contribution in [-0.2, 0) is 14.3 Å². The van der Waals surface area contributed by atoms with Crippen LogP contribution >= 0.6 is 0 Å². The second kappa shape index (κ2) is 8.31. The molecular formula is C32H52O4. The van der Waals surface area contributed by atoms with Crippen molar-refractivity contribution in [3.63, 3.8) is 0 Å². The molecule has 204 valence electrons. The number of hydrogen-bond acceptors (Lipinski definition) is 4. The van der Waals surface area contributed by atoms with Gasteiger partial charge in [0.05, 0.1) is 24.2 Å². The predicted molar refractivity (Wildman–Crippen MR) is 143 cm³/mol. The monoisotopic (exact) mass is 500 g/mol. The van der Waals surface area contributed by atoms with Crippen LogP contribution in [0.3, 0.4) is 0 Å². The third-order valence-corrected chi connectivity index (χ3v) is 13.7. The summed E-state index contributed by atoms with van der Waals surface area (Å²) < 4.78 is 10.9. The van der Waals surface area contributed by atoms with Gasteiger partial charge in [-0.1, -0.05) is 32.9 Å². The molecule has 0 aromatic rings. The number of rotatable bonds is 6. The van der Waals surface area contributed by atoms with Gasteiger partial charge in [-0.2, -0.15) is 0 Å². The molecule has 5 aliphatic rings. The van der Waals surface area contributed by atoms with Crippen LogP contribution in [0.4, 0.5) is 0 Å². The lowest BCUT2D eigenvalue weighted by atomic mass is 9.41. The van der Waals surface area contributed by atoms with Crippen molar-refractivity contribution < 1.29 is 19.4 Å². The van der Waals surface area contributed by atoms with Crippen LogP contribution in [0.15, 0.2) is 12.2 Å². The number of aliphatic hydroxyl groups is 1. The molecule has 2 spiro atoms. The number of fused-ring (bicyclic) bond motifs is 2. The molecule has 10 atom stereocenters. The summed E-state index contributed by atoms with van der Waals surface area (Å²) in [5.41, 5.74) is 0.407. The van der Waals surface area contributed by atoms with Gasteiger partial charge in [-0.15, -0.1) is 0 Å². The molecule has 5 rings (SSSR count). The molecule has 4 heteroatoms. The Hall–Kier alpha value is -0.870. The molecule has 0 aromatic heterocycles. The average molecular weight is 501 g/mol. The Labute approximate surface area is 220 Å². The van der Waals surface area contributed by atoms with Gasteiger partial charge in [-0.05, 0) is 130 Å². The first kappa shape index (κ1) is 26.7. The fourth-order valence-corrected chi connectivity index (χ4v) is 11.3. The zero-order chi connectivity index (χ0) is 26.4. The van der Waals surface area contributed by atoms with E-state index in [-0.39, 0.29) is 22.9 Å². The zero-order valence-corrected chi connectivity index (χ0v) is 24.3. The number of hydrogen-bond donors (Lipinski definition) is 1. The SMILES string of the molecule is COC(=O)[C@]1(C)[C@@H](O)CC[C@]23C[C@]24CC[C@]2(C)[C@@H]([C@H](C)C/C=C/C(C)(C)OC)CC[C@@]2(C)[C@@H]4CC[C@@H]13. The molecule has 5 fully saturated rings. The standard InChI is InChI=1S/C32H52O4/c1-21(10-9-15-27(2,3)36-8)22-13-16-29(5)23-11-12-24-30(6,26(34)35-7)25(33)14-17-31(24)20-32(23,31)19-18-28(22,29)4/h9,15,21-25,33H,10-14,16-20H2,1-8H3/b15-9+/t21-,22-,23+,24+,25+,28-,29+,30+,31-,32+/m1/s1. The molecule has 0 saturated heterocycles. The average Bonchev–Trinajstić information content (AvgIpc) is 3.43. The second-order valence-electron chi connectivity index (χ2n) is 14.9. The molecular weight excluding hydrogens is 448 g/mol. The van der Waals surface area contributed by atoms with Crippen LogP contribution in [0.2, 0.25) is 0 Å². The highest BCUT2D eigenvalue weighted by molar-refractivity contribution is 5.78. The topological polar surface area (TPSA) is 55.8 Å². The summed E-state index contributed by atoms with van der Waals surface area (Å²) in [7, 11) is 3.28. The van der Waals surface area contributed by atoms with E-state index in [2.05, 4.69) is 46.8 Å². The van der Waals surface area contributed by atoms with Gasteiger partial charge in [-0.25, -0.2) is 0 Å². The van der Waals surface area contributed by atoms with Crippen molar-refractivity contribution in [3.8, 4) is 0 Å². The lowest BCUT2D eigenvalue weighted by Gasteiger charge is -2.63. The summed E-state index contributed by atoms with van der Waals surface area (Å²) in [6.45, 7) is 14.0. The lowest BCUT2D eigenvalue weighted by Crippen LogP contribution is -2.60. The highest BCUT2D eigenvalue weighted by Crippen LogP contribution is 2.89. The van der Waals surface area contributed by atoms with Crippen LogP contribution in [0.1, 0.15) is 106 Å². The van der Waals surface area contributed by atoms with Gasteiger partial charge >= 0.3 is 5.97 Å². The van der Waals surface area contributed by atoms with Gasteiger partial charge in [0.15, 0.2) is 0 Å². The number of carbonyl (C=O) groups excluding carboxylic acids is 1. The lowest BCUT2D eigenvalue weighted by molar-refractivity contribution is -0.191. The first-order chi connectivity index (χ1) is 16.8. The molecule has 4 nitrogen and oxygen atoms in total. The summed E-state index contributed by atoms with van der Waals surface area (Å²) in [5.74, 6) is 2.25. The molecule has 0 radical (unpaired) electrons. The molecule has 0 bridgehead atoms. The fraction of sp³-hybridized carbons (Fsp3) is 0.906. The first-order valence-corrected chi connectivity index (χ1v) is 14.8. The molecule has 0 aromatic carbocycles. The van der Waals surface area contributed by atoms with E-state index in [1.165, 1.54) is 45.6 Å². The van der Waals surface area contributed by atoms with E-state index in [0.717, 1.165) is 37.5 Å². The van der Waals surface area contributed by atoms with Crippen molar-refractivity contribution in [3.05, 3.63) is 12.2 Å². The minimum Gasteiger partial charge on any atom is -0.469 e. The van der Waals surface area contributed by atoms with Crippen LogP contribution in [0.5, 0.6) is 0 Å². The number of carbonyl (C=O) groups is 1. The van der Waals surface area contributed by atoms with Crippen molar-refractivity contribution in [1.29, 1.82) is 0 Å². The third-order valence-electron chi connectivity index (χ3n) is 13.7. The van der Waals surface area contributed by atoms with Crippen LogP contribution < -0.4 is 0 Å². The van der Waals surface area contributed by atoms with Crippen molar-refractivity contribution in [1.82, 2.24) is 0 Å². The van der Waals surface area contributed by atoms with Gasteiger partial charge in [-0.3, -0.25) is 4.79 Å². The second-order valence-corrected chi connectivity index (χ2v) is 14.9. The normalized spacial score (nSPS) is 50.6. The molecule has 5 saturated carbocycles. The highest BCUT2D eigenvalue weighted by atomic mass is 16.5. The number of allylic oxidation sites excluding steroid dienone is 1. The third kappa shape index (κ3) is 3.22. The maximum Gasteiger partial charge on any atom is 0.314 e. The van der Waals surface area contributed by atoms with Crippen molar-refractivity contribution in [2.45, 2.75) is 117 Å². The Morgan fingerprint density at radius 2 is 1.64 bits per heavy atom. The van der Waals surface area contributed by atoms with E-state index in [1.807, 2.05) is 6.92 Å². The van der Waals surface area contributed by atoms with E-state index in [1.54, 1.807) is 7.11 Å². The minimum atomic E-state index is -0.752. The van der Waals surface area contributed by atoms with E-state index >= 15 is 0 Å². The van der Waals surface area contributed by atoms with E-state index in [9.17, 15) is 9.90 Å². The highest BCUT2D eigenvalue weighted by Gasteiger charge is 2.83. The number of aliphatic hydroxyl groups excluding tert-OH is 1. The Bertz CT molecular complexity index is 925. The molecule has 0 aliphatic heterocycles. The molecule has 1 N–H and O–H groups in total. The maximum absolute atomic E-state index is 13.1. The summed E-state index contributed by atoms with van der Waals surface area (Å²) in [5, 5.41) is 11.1. The van der Waals surface area contributed by atoms with E-state index in [4.69, 9.17) is 9.47 Å². The first-order valence-electron chi connectivity index (χ1n) is 14.8. The maximum atomic E-state index is 13.1. The molecule has 0 unspecified atom stereocenters. The Morgan fingerprint density at radius 3 is 2.31 bits per heavy atom. The smallest absolute Gasteiger partial charge is 0.314 e. The number of esters is 1. The largest absolute Gasteiger partial charge is 0.469 e. The van der Waals surface area contributed by atoms with Gasteiger partial charge in [0.2, 0.25) is 0 Å². The minimum absolute atomic E-state index is 0.189. The van der Waals surface area contributed by atoms with E-state index in [0.29, 0.717) is 22.2 Å². The summed E-state index contributed by atoms with van der Waals surface area (Å²) in [4.78, 5) is 13.1. The van der Waals surface area contributed by atoms with Crippen LogP contribution in [-0.4, -0.2) is 37.0 Å². The Morgan fingerprint density at radius 1 is 0.972 bits per heavy atom. The zero-order valence-electron chi connectivity index (χ0n) is 24.3. The quantitative estimate of drug-likeness (QED) is 0.317. The predicted octanol–water partition coefficient (Wildman–Crippen LogP) is 6.95. The van der Waals surface area contributed by atoms with E-state index < -0.39 is 11.5 Å². The summed E-state index contributed by atoms with van der Waals surface area (Å²) in [6, 6.07) is 0. The number of methoxy groups -OCH3 is 2.